The van der Waals surface area contributed by atoms with E-state index < -0.39 is 0 Å². The van der Waals surface area contributed by atoms with E-state index >= 15 is 0 Å². The van der Waals surface area contributed by atoms with E-state index in [0.717, 1.165) is 19.1 Å². The molecule has 0 aliphatic heterocycles. The average molecular weight is 343 g/mol. The Morgan fingerprint density at radius 1 is 1.18 bits per heavy atom. The molecule has 3 rings (SSSR count). The molecule has 0 aliphatic rings. The van der Waals surface area contributed by atoms with Gasteiger partial charge in [-0.2, -0.15) is 0 Å². The summed E-state index contributed by atoms with van der Waals surface area (Å²) in [6.07, 6.45) is 0. The molecule has 5 heteroatoms. The Morgan fingerprint density at radius 3 is 2.59 bits per heavy atom. The lowest BCUT2D eigenvalue weighted by Gasteiger charge is -1.90. The third-order valence-corrected chi connectivity index (χ3v) is 6.67. The molecule has 0 unspecified atom stereocenters. The lowest BCUT2D eigenvalue weighted by Crippen LogP contribution is -1.93. The summed E-state index contributed by atoms with van der Waals surface area (Å²) in [5.41, 5.74) is 1.12. The average Bonchev–Trinajstić information content (AvgIpc) is 2.92. The largest absolute Gasteiger partial charge is 0.287 e. The van der Waals surface area contributed by atoms with Crippen molar-refractivity contribution in [2.24, 2.45) is 0 Å². The molecule has 0 fully saturated rings. The minimum Gasteiger partial charge on any atom is -0.287 e. The molecule has 0 aliphatic carbocycles. The van der Waals surface area contributed by atoms with Gasteiger partial charge in [0.25, 0.3) is 0 Å². The Bertz CT molecular complexity index is 656. The molecule has 0 bridgehead atoms. The van der Waals surface area contributed by atoms with Crippen LogP contribution >= 0.6 is 49.9 Å². The van der Waals surface area contributed by atoms with E-state index in [0.29, 0.717) is 0 Å². The maximum absolute atomic E-state index is 12.3. The second kappa shape index (κ2) is 4.31. The lowest BCUT2D eigenvalue weighted by atomic mass is 10.2. The van der Waals surface area contributed by atoms with E-state index in [2.05, 4.69) is 27.4 Å². The molecule has 0 aromatic carbocycles. The topological polar surface area (TPSA) is 17.1 Å². The van der Waals surface area contributed by atoms with Gasteiger partial charge in [0.05, 0.1) is 13.5 Å². The van der Waals surface area contributed by atoms with Crippen LogP contribution in [0.2, 0.25) is 0 Å². The number of rotatable bonds is 2. The standard InChI is InChI=1S/C12H7BrOS3/c1-6-4-9(17-12(6)13)11(14)10-5-8-7(16-10)2-3-15-8/h2-5H,1H3. The predicted molar refractivity (Wildman–Crippen MR) is 79.9 cm³/mol. The Morgan fingerprint density at radius 2 is 1.94 bits per heavy atom. The summed E-state index contributed by atoms with van der Waals surface area (Å²) in [6, 6.07) is 6.01. The molecule has 0 spiro atoms. The molecule has 3 aromatic rings. The quantitative estimate of drug-likeness (QED) is 0.575. The van der Waals surface area contributed by atoms with Crippen LogP contribution in [-0.4, -0.2) is 5.78 Å². The van der Waals surface area contributed by atoms with Gasteiger partial charge in [0, 0.05) is 9.40 Å². The Balaban J connectivity index is 2.04. The normalized spacial score (nSPS) is 11.2. The van der Waals surface area contributed by atoms with Gasteiger partial charge in [-0.3, -0.25) is 4.79 Å². The van der Waals surface area contributed by atoms with Gasteiger partial charge >= 0.3 is 0 Å². The zero-order chi connectivity index (χ0) is 12.0. The number of halogens is 1. The van der Waals surface area contributed by atoms with E-state index in [4.69, 9.17) is 0 Å². The van der Waals surface area contributed by atoms with Crippen LogP contribution < -0.4 is 0 Å². The van der Waals surface area contributed by atoms with Crippen LogP contribution in [0.15, 0.2) is 27.4 Å². The molecular weight excluding hydrogens is 336 g/mol. The van der Waals surface area contributed by atoms with Crippen molar-refractivity contribution < 1.29 is 4.79 Å². The maximum Gasteiger partial charge on any atom is 0.212 e. The Kier molecular flexibility index (Phi) is 2.94. The van der Waals surface area contributed by atoms with Crippen molar-refractivity contribution in [3.8, 4) is 0 Å². The molecule has 0 saturated heterocycles. The van der Waals surface area contributed by atoms with Gasteiger partial charge in [-0.25, -0.2) is 0 Å². The van der Waals surface area contributed by atoms with Gasteiger partial charge < -0.3 is 0 Å². The lowest BCUT2D eigenvalue weighted by molar-refractivity contribution is 0.104. The summed E-state index contributed by atoms with van der Waals surface area (Å²) in [6.45, 7) is 2.00. The predicted octanol–water partition coefficient (Wildman–Crippen LogP) is 5.33. The summed E-state index contributed by atoms with van der Waals surface area (Å²) in [7, 11) is 0. The van der Waals surface area contributed by atoms with Crippen molar-refractivity contribution in [3.05, 3.63) is 42.7 Å². The first-order valence-electron chi connectivity index (χ1n) is 4.93. The first-order chi connectivity index (χ1) is 8.15. The van der Waals surface area contributed by atoms with Gasteiger partial charge in [0.2, 0.25) is 5.78 Å². The van der Waals surface area contributed by atoms with E-state index in [1.807, 2.05) is 19.1 Å². The second-order valence-corrected chi connectivity index (χ2v) is 8.06. The van der Waals surface area contributed by atoms with Gasteiger partial charge in [0.1, 0.15) is 0 Å². The molecule has 0 atom stereocenters. The fourth-order valence-corrected chi connectivity index (χ4v) is 5.19. The highest BCUT2D eigenvalue weighted by Gasteiger charge is 2.16. The summed E-state index contributed by atoms with van der Waals surface area (Å²) < 4.78 is 3.44. The molecule has 0 saturated carbocycles. The van der Waals surface area contributed by atoms with Gasteiger partial charge in [-0.15, -0.1) is 34.0 Å². The van der Waals surface area contributed by atoms with Crippen molar-refractivity contribution in [1.29, 1.82) is 0 Å². The van der Waals surface area contributed by atoms with Crippen LogP contribution in [0.4, 0.5) is 0 Å². The van der Waals surface area contributed by atoms with Crippen molar-refractivity contribution in [2.75, 3.05) is 0 Å². The first kappa shape index (κ1) is 11.6. The van der Waals surface area contributed by atoms with Gasteiger partial charge in [0.15, 0.2) is 0 Å². The summed E-state index contributed by atoms with van der Waals surface area (Å²) in [5, 5.41) is 2.06. The van der Waals surface area contributed by atoms with Crippen LogP contribution in [0.3, 0.4) is 0 Å². The van der Waals surface area contributed by atoms with Crippen LogP contribution in [0.1, 0.15) is 20.1 Å². The third-order valence-electron chi connectivity index (χ3n) is 2.44. The fraction of sp³-hybridized carbons (Fsp3) is 0.0833. The van der Waals surface area contributed by atoms with Crippen molar-refractivity contribution in [2.45, 2.75) is 6.92 Å². The number of ketones is 1. The number of thiophene rings is 3. The van der Waals surface area contributed by atoms with E-state index in [1.54, 1.807) is 22.7 Å². The van der Waals surface area contributed by atoms with Crippen LogP contribution in [-0.2, 0) is 0 Å². The highest BCUT2D eigenvalue weighted by molar-refractivity contribution is 9.11. The Labute approximate surface area is 119 Å². The Hall–Kier alpha value is -0.490. The first-order valence-corrected chi connectivity index (χ1v) is 8.23. The number of hydrogen-bond acceptors (Lipinski definition) is 4. The number of carbonyl (C=O) groups is 1. The molecule has 17 heavy (non-hydrogen) atoms. The summed E-state index contributed by atoms with van der Waals surface area (Å²) >= 11 is 8.22. The molecule has 0 radical (unpaired) electrons. The van der Waals surface area contributed by atoms with E-state index in [9.17, 15) is 4.79 Å². The molecule has 0 amide bonds. The molecule has 3 heterocycles. The van der Waals surface area contributed by atoms with Crippen LogP contribution in [0.5, 0.6) is 0 Å². The van der Waals surface area contributed by atoms with Crippen LogP contribution in [0, 0.1) is 6.92 Å². The van der Waals surface area contributed by atoms with Crippen LogP contribution in [0.25, 0.3) is 9.40 Å². The third kappa shape index (κ3) is 2.01. The van der Waals surface area contributed by atoms with E-state index in [-0.39, 0.29) is 5.78 Å². The molecule has 86 valence electrons. The molecule has 3 aromatic heterocycles. The number of fused-ring (bicyclic) bond motifs is 1. The number of carbonyl (C=O) groups excluding carboxylic acids is 1. The number of hydrogen-bond donors (Lipinski definition) is 0. The zero-order valence-corrected chi connectivity index (χ0v) is 12.9. The highest BCUT2D eigenvalue weighted by Crippen LogP contribution is 2.34. The minimum atomic E-state index is 0.136. The second-order valence-electron chi connectivity index (χ2n) is 3.66. The molecule has 1 nitrogen and oxygen atoms in total. The van der Waals surface area contributed by atoms with Crippen molar-refractivity contribution >= 4 is 65.1 Å². The van der Waals surface area contributed by atoms with Gasteiger partial charge in [-0.05, 0) is 52.0 Å². The van der Waals surface area contributed by atoms with E-state index in [1.165, 1.54) is 20.7 Å². The minimum absolute atomic E-state index is 0.136. The fourth-order valence-electron chi connectivity index (χ4n) is 1.57. The molecule has 0 N–H and O–H groups in total. The van der Waals surface area contributed by atoms with Gasteiger partial charge in [-0.1, -0.05) is 0 Å². The maximum atomic E-state index is 12.3. The summed E-state index contributed by atoms with van der Waals surface area (Å²) in [5.74, 6) is 0.136. The highest BCUT2D eigenvalue weighted by atomic mass is 79.9. The zero-order valence-electron chi connectivity index (χ0n) is 8.82. The van der Waals surface area contributed by atoms with Crippen molar-refractivity contribution in [1.82, 2.24) is 0 Å². The smallest absolute Gasteiger partial charge is 0.212 e. The molecular formula is C12H7BrOS3. The number of aryl methyl sites for hydroxylation is 1. The summed E-state index contributed by atoms with van der Waals surface area (Å²) in [4.78, 5) is 13.9. The monoisotopic (exact) mass is 342 g/mol. The SMILES string of the molecule is Cc1cc(C(=O)c2cc3sccc3s2)sc1Br. The van der Waals surface area contributed by atoms with Crippen molar-refractivity contribution in [3.63, 3.8) is 0 Å².